The second kappa shape index (κ2) is 15.7. The van der Waals surface area contributed by atoms with Crippen molar-refractivity contribution < 1.29 is 28.7 Å². The number of nitrogens with zero attached hydrogens (tertiary/aromatic N) is 2. The number of carbonyl (C=O) groups excluding carboxylic acids is 5. The molecule has 3 rings (SSSR count). The van der Waals surface area contributed by atoms with Crippen LogP contribution in [0.3, 0.4) is 0 Å². The number of ketones is 1. The smallest absolute Gasteiger partial charge is 0.289 e. The molecular formula is C33H48N6O6. The molecule has 246 valence electrons. The third-order valence-electron chi connectivity index (χ3n) is 7.95. The van der Waals surface area contributed by atoms with E-state index in [4.69, 9.17) is 4.74 Å². The van der Waals surface area contributed by atoms with Crippen LogP contribution < -0.4 is 26.0 Å². The van der Waals surface area contributed by atoms with Crippen LogP contribution in [0.15, 0.2) is 36.7 Å². The van der Waals surface area contributed by atoms with Gasteiger partial charge in [-0.05, 0) is 49.3 Å². The lowest BCUT2D eigenvalue weighted by molar-refractivity contribution is -0.141. The van der Waals surface area contributed by atoms with Gasteiger partial charge in [-0.25, -0.2) is 4.98 Å². The van der Waals surface area contributed by atoms with Gasteiger partial charge in [-0.15, -0.1) is 0 Å². The molecule has 0 radical (unpaired) electrons. The van der Waals surface area contributed by atoms with Gasteiger partial charge < -0.3 is 30.6 Å². The minimum atomic E-state index is -1.05. The van der Waals surface area contributed by atoms with Gasteiger partial charge in [0.25, 0.3) is 11.8 Å². The van der Waals surface area contributed by atoms with E-state index in [0.29, 0.717) is 11.3 Å². The summed E-state index contributed by atoms with van der Waals surface area (Å²) in [5.41, 5.74) is -0.416. The number of aryl methyl sites for hydroxylation is 1. The van der Waals surface area contributed by atoms with Gasteiger partial charge in [0.2, 0.25) is 17.6 Å². The maximum absolute atomic E-state index is 13.4. The predicted molar refractivity (Wildman–Crippen MR) is 169 cm³/mol. The molecule has 1 heterocycles. The highest BCUT2D eigenvalue weighted by Gasteiger charge is 2.36. The molecule has 45 heavy (non-hydrogen) atoms. The van der Waals surface area contributed by atoms with Crippen LogP contribution in [0.5, 0.6) is 5.75 Å². The Bertz CT molecular complexity index is 1360. The van der Waals surface area contributed by atoms with E-state index in [9.17, 15) is 24.0 Å². The van der Waals surface area contributed by atoms with Gasteiger partial charge in [-0.1, -0.05) is 59.9 Å². The molecule has 0 spiro atoms. The van der Waals surface area contributed by atoms with Crippen LogP contribution in [0.25, 0.3) is 0 Å². The summed E-state index contributed by atoms with van der Waals surface area (Å²) >= 11 is 0. The average molecular weight is 625 g/mol. The molecule has 4 N–H and O–H groups in total. The van der Waals surface area contributed by atoms with Crippen molar-refractivity contribution in [3.05, 3.63) is 48.0 Å². The fourth-order valence-corrected chi connectivity index (χ4v) is 5.12. The predicted octanol–water partition coefficient (Wildman–Crippen LogP) is 2.81. The first-order valence-corrected chi connectivity index (χ1v) is 15.6. The van der Waals surface area contributed by atoms with Gasteiger partial charge in [-0.3, -0.25) is 24.0 Å². The number of Topliss-reactive ketones (excluding diaryl/α,β-unsaturated/α-hetero) is 1. The normalized spacial score (nSPS) is 15.8. The molecule has 1 aliphatic rings. The molecule has 2 aromatic rings. The van der Waals surface area contributed by atoms with Gasteiger partial charge in [-0.2, -0.15) is 0 Å². The Kier molecular flexibility index (Phi) is 12.3. The van der Waals surface area contributed by atoms with Crippen LogP contribution in [0.2, 0.25) is 0 Å². The van der Waals surface area contributed by atoms with Crippen molar-refractivity contribution in [1.29, 1.82) is 0 Å². The molecule has 12 heteroatoms. The van der Waals surface area contributed by atoms with E-state index in [2.05, 4.69) is 26.3 Å². The third-order valence-corrected chi connectivity index (χ3v) is 7.95. The number of imidazole rings is 1. The van der Waals surface area contributed by atoms with Crippen molar-refractivity contribution >= 4 is 29.4 Å². The number of rotatable bonds is 13. The van der Waals surface area contributed by atoms with Crippen molar-refractivity contribution in [3.63, 3.8) is 0 Å². The molecular weight excluding hydrogens is 576 g/mol. The van der Waals surface area contributed by atoms with E-state index in [-0.39, 0.29) is 18.6 Å². The molecule has 1 fully saturated rings. The van der Waals surface area contributed by atoms with Crippen LogP contribution in [-0.4, -0.2) is 63.1 Å². The zero-order chi connectivity index (χ0) is 33.3. The van der Waals surface area contributed by atoms with Crippen molar-refractivity contribution in [2.45, 2.75) is 104 Å². The van der Waals surface area contributed by atoms with Gasteiger partial charge in [0.15, 0.2) is 0 Å². The summed E-state index contributed by atoms with van der Waals surface area (Å²) in [4.78, 5) is 69.7. The highest BCUT2D eigenvalue weighted by Crippen LogP contribution is 2.22. The van der Waals surface area contributed by atoms with E-state index in [1.54, 1.807) is 65.1 Å². The summed E-state index contributed by atoms with van der Waals surface area (Å²) in [5.74, 6) is -2.26. The van der Waals surface area contributed by atoms with Crippen LogP contribution in [0.1, 0.15) is 89.8 Å². The van der Waals surface area contributed by atoms with E-state index < -0.39 is 53.0 Å². The van der Waals surface area contributed by atoms with E-state index in [1.807, 2.05) is 17.8 Å². The van der Waals surface area contributed by atoms with Crippen LogP contribution in [0.4, 0.5) is 0 Å². The molecule has 0 saturated heterocycles. The van der Waals surface area contributed by atoms with Crippen LogP contribution in [0, 0.1) is 11.3 Å². The van der Waals surface area contributed by atoms with E-state index in [0.717, 1.165) is 37.9 Å². The van der Waals surface area contributed by atoms with Crippen molar-refractivity contribution in [3.8, 4) is 5.75 Å². The number of hydrogen-bond acceptors (Lipinski definition) is 7. The summed E-state index contributed by atoms with van der Waals surface area (Å²) in [6.45, 7) is 10.6. The highest BCUT2D eigenvalue weighted by molar-refractivity contribution is 6.38. The Balaban J connectivity index is 1.61. The Morgan fingerprint density at radius 1 is 0.978 bits per heavy atom. The Morgan fingerprint density at radius 2 is 1.67 bits per heavy atom. The zero-order valence-corrected chi connectivity index (χ0v) is 27.4. The molecule has 3 atom stereocenters. The fourth-order valence-electron chi connectivity index (χ4n) is 5.12. The molecule has 0 aliphatic heterocycles. The molecule has 1 aromatic carbocycles. The lowest BCUT2D eigenvalue weighted by Crippen LogP contribution is -2.59. The summed E-state index contributed by atoms with van der Waals surface area (Å²) in [5, 5.41) is 10.9. The number of carbonyl (C=O) groups is 5. The summed E-state index contributed by atoms with van der Waals surface area (Å²) < 4.78 is 7.64. The Labute approximate surface area is 265 Å². The first-order valence-electron chi connectivity index (χ1n) is 15.6. The molecule has 4 amide bonds. The van der Waals surface area contributed by atoms with Crippen LogP contribution >= 0.6 is 0 Å². The van der Waals surface area contributed by atoms with Crippen molar-refractivity contribution in [2.24, 2.45) is 18.4 Å². The maximum atomic E-state index is 13.4. The SMILES string of the molecule is CC(C)[C@H](NC(=O)[C@H](C)NC(=O)[C@@H](NC(=O)c1cccc(OCc2nccn2C)c1)C(C)(C)C)C(=O)C(=O)NC1CCCCC1. The molecule has 1 saturated carbocycles. The standard InChI is InChI=1S/C33H48N6O6/c1-20(2)26(27(40)31(43)36-23-13-9-8-10-14-23)37-29(41)21(3)35-32(44)28(33(4,5)6)38-30(42)22-12-11-15-24(18-22)45-19-25-34-16-17-39(25)7/h11-12,15-18,20-21,23,26,28H,8-10,13-14,19H2,1-7H3,(H,35,44)(H,36,43)(H,37,41)(H,38,42)/t21-,26-,28+/m0/s1. The maximum Gasteiger partial charge on any atom is 0.289 e. The van der Waals surface area contributed by atoms with Crippen LogP contribution in [-0.2, 0) is 32.8 Å². The first-order chi connectivity index (χ1) is 21.2. The number of nitrogens with one attached hydrogen (secondary N) is 4. The van der Waals surface area contributed by atoms with E-state index in [1.165, 1.54) is 6.92 Å². The van der Waals surface area contributed by atoms with Crippen molar-refractivity contribution in [2.75, 3.05) is 0 Å². The minimum absolute atomic E-state index is 0.0390. The molecule has 0 bridgehead atoms. The minimum Gasteiger partial charge on any atom is -0.486 e. The topological polar surface area (TPSA) is 161 Å². The van der Waals surface area contributed by atoms with Crippen molar-refractivity contribution in [1.82, 2.24) is 30.8 Å². The van der Waals surface area contributed by atoms with Gasteiger partial charge in [0.1, 0.15) is 30.3 Å². The molecule has 1 aromatic heterocycles. The highest BCUT2D eigenvalue weighted by atomic mass is 16.5. The summed E-state index contributed by atoms with van der Waals surface area (Å²) in [6.07, 6.45) is 8.26. The Morgan fingerprint density at radius 3 is 2.27 bits per heavy atom. The first kappa shape index (κ1) is 35.3. The average Bonchev–Trinajstić information content (AvgIpc) is 3.40. The number of hydrogen-bond donors (Lipinski definition) is 4. The monoisotopic (exact) mass is 624 g/mol. The molecule has 12 nitrogen and oxygen atoms in total. The quantitative estimate of drug-likeness (QED) is 0.249. The lowest BCUT2D eigenvalue weighted by atomic mass is 9.85. The Hall–Kier alpha value is -4.22. The second-order valence-corrected chi connectivity index (χ2v) is 13.2. The third kappa shape index (κ3) is 10.2. The largest absolute Gasteiger partial charge is 0.486 e. The number of benzene rings is 1. The molecule has 1 aliphatic carbocycles. The number of amides is 4. The zero-order valence-electron chi connectivity index (χ0n) is 27.4. The number of ether oxygens (including phenoxy) is 1. The summed E-state index contributed by atoms with van der Waals surface area (Å²) in [6, 6.07) is 3.47. The second-order valence-electron chi connectivity index (χ2n) is 13.2. The molecule has 0 unspecified atom stereocenters. The number of aromatic nitrogens is 2. The van der Waals surface area contributed by atoms with Gasteiger partial charge >= 0.3 is 0 Å². The van der Waals surface area contributed by atoms with Gasteiger partial charge in [0, 0.05) is 31.0 Å². The van der Waals surface area contributed by atoms with E-state index >= 15 is 0 Å². The summed E-state index contributed by atoms with van der Waals surface area (Å²) in [7, 11) is 1.86. The fraction of sp³-hybridized carbons (Fsp3) is 0.576. The van der Waals surface area contributed by atoms with Gasteiger partial charge in [0.05, 0.1) is 6.04 Å². The lowest BCUT2D eigenvalue weighted by Gasteiger charge is -2.31.